The lowest BCUT2D eigenvalue weighted by atomic mass is 10.1. The Morgan fingerprint density at radius 3 is 2.41 bits per heavy atom. The van der Waals surface area contributed by atoms with Crippen LogP contribution in [-0.4, -0.2) is 25.1 Å². The highest BCUT2D eigenvalue weighted by Crippen LogP contribution is 2.22. The Hall–Kier alpha value is -2.53. The van der Waals surface area contributed by atoms with Crippen molar-refractivity contribution in [3.63, 3.8) is 0 Å². The van der Waals surface area contributed by atoms with E-state index in [-0.39, 0.29) is 18.9 Å². The number of esters is 1. The van der Waals surface area contributed by atoms with E-state index in [1.807, 2.05) is 45.0 Å². The average molecular weight is 390 g/mol. The van der Waals surface area contributed by atoms with Crippen LogP contribution in [0.3, 0.4) is 0 Å². The fourth-order valence-corrected chi connectivity index (χ4v) is 2.86. The van der Waals surface area contributed by atoms with Crippen LogP contribution in [-0.2, 0) is 14.3 Å². The first kappa shape index (κ1) is 20.8. The molecule has 0 saturated heterocycles. The lowest BCUT2D eigenvalue weighted by molar-refractivity contribution is -0.147. The molecule has 0 heterocycles. The van der Waals surface area contributed by atoms with Gasteiger partial charge in [0, 0.05) is 17.1 Å². The van der Waals surface area contributed by atoms with Gasteiger partial charge < -0.3 is 14.8 Å². The highest BCUT2D eigenvalue weighted by atomic mass is 35.5. The van der Waals surface area contributed by atoms with Crippen LogP contribution in [0.15, 0.2) is 36.4 Å². The number of carbonyl (C=O) groups excluding carboxylic acids is 2. The normalized spacial score (nSPS) is 10.4. The van der Waals surface area contributed by atoms with Crippen LogP contribution < -0.4 is 10.1 Å². The van der Waals surface area contributed by atoms with Crippen LogP contribution in [0.2, 0.25) is 5.02 Å². The predicted octanol–water partition coefficient (Wildman–Crippen LogP) is 4.61. The van der Waals surface area contributed by atoms with Gasteiger partial charge in [-0.25, -0.2) is 0 Å². The third kappa shape index (κ3) is 7.31. The highest BCUT2D eigenvalue weighted by Gasteiger charge is 2.09. The summed E-state index contributed by atoms with van der Waals surface area (Å²) in [4.78, 5) is 23.7. The standard InChI is InChI=1S/C21H24ClNO4/c1-14-9-15(2)11-18(10-14)23-20(24)13-27-21(25)5-4-8-26-19-7-6-17(22)12-16(19)3/h6-7,9-12H,4-5,8,13H2,1-3H3,(H,23,24). The van der Waals surface area contributed by atoms with Crippen molar-refractivity contribution >= 4 is 29.2 Å². The quantitative estimate of drug-likeness (QED) is 0.529. The zero-order chi connectivity index (χ0) is 19.8. The Morgan fingerprint density at radius 1 is 1.04 bits per heavy atom. The van der Waals surface area contributed by atoms with Crippen molar-refractivity contribution in [2.45, 2.75) is 33.6 Å². The van der Waals surface area contributed by atoms with Gasteiger partial charge >= 0.3 is 5.97 Å². The first-order chi connectivity index (χ1) is 12.8. The number of benzene rings is 2. The van der Waals surface area contributed by atoms with Gasteiger partial charge in [0.15, 0.2) is 6.61 Å². The number of carbonyl (C=O) groups is 2. The van der Waals surface area contributed by atoms with Crippen LogP contribution in [0.5, 0.6) is 5.75 Å². The maximum Gasteiger partial charge on any atom is 0.306 e. The number of aryl methyl sites for hydroxylation is 3. The SMILES string of the molecule is Cc1cc(C)cc(NC(=O)COC(=O)CCCOc2ccc(Cl)cc2C)c1. The summed E-state index contributed by atoms with van der Waals surface area (Å²) in [6.07, 6.45) is 0.684. The van der Waals surface area contributed by atoms with Crippen molar-refractivity contribution in [2.75, 3.05) is 18.5 Å². The molecule has 0 atom stereocenters. The molecule has 0 unspecified atom stereocenters. The molecule has 2 aromatic carbocycles. The molecule has 0 radical (unpaired) electrons. The van der Waals surface area contributed by atoms with Gasteiger partial charge in [0.25, 0.3) is 5.91 Å². The van der Waals surface area contributed by atoms with Gasteiger partial charge in [-0.2, -0.15) is 0 Å². The lowest BCUT2D eigenvalue weighted by Gasteiger charge is -2.10. The van der Waals surface area contributed by atoms with Crippen molar-refractivity contribution in [1.82, 2.24) is 0 Å². The topological polar surface area (TPSA) is 64.6 Å². The molecule has 5 nitrogen and oxygen atoms in total. The van der Waals surface area contributed by atoms with E-state index in [0.29, 0.717) is 23.7 Å². The Balaban J connectivity index is 1.66. The van der Waals surface area contributed by atoms with E-state index in [9.17, 15) is 9.59 Å². The maximum atomic E-state index is 11.9. The summed E-state index contributed by atoms with van der Waals surface area (Å²) in [6.45, 7) is 5.89. The van der Waals surface area contributed by atoms with Gasteiger partial charge in [0.05, 0.1) is 6.61 Å². The number of hydrogen-bond donors (Lipinski definition) is 1. The monoisotopic (exact) mass is 389 g/mol. The van der Waals surface area contributed by atoms with E-state index in [0.717, 1.165) is 22.4 Å². The first-order valence-electron chi connectivity index (χ1n) is 8.76. The molecule has 2 rings (SSSR count). The molecule has 0 spiro atoms. The smallest absolute Gasteiger partial charge is 0.306 e. The van der Waals surface area contributed by atoms with E-state index in [1.54, 1.807) is 12.1 Å². The summed E-state index contributed by atoms with van der Waals surface area (Å²) < 4.78 is 10.6. The van der Waals surface area contributed by atoms with Crippen molar-refractivity contribution in [2.24, 2.45) is 0 Å². The average Bonchev–Trinajstić information content (AvgIpc) is 2.57. The molecule has 6 heteroatoms. The zero-order valence-electron chi connectivity index (χ0n) is 15.8. The minimum atomic E-state index is -0.429. The molecule has 0 bridgehead atoms. The lowest BCUT2D eigenvalue weighted by Crippen LogP contribution is -2.21. The Morgan fingerprint density at radius 2 is 1.74 bits per heavy atom. The van der Waals surface area contributed by atoms with Gasteiger partial charge in [0.2, 0.25) is 0 Å². The minimum absolute atomic E-state index is 0.184. The van der Waals surface area contributed by atoms with Crippen LogP contribution >= 0.6 is 11.6 Å². The summed E-state index contributed by atoms with van der Waals surface area (Å²) in [5.41, 5.74) is 3.74. The third-order valence-electron chi connectivity index (χ3n) is 3.79. The maximum absolute atomic E-state index is 11.9. The van der Waals surface area contributed by atoms with Crippen molar-refractivity contribution < 1.29 is 19.1 Å². The number of ether oxygens (including phenoxy) is 2. The summed E-state index contributed by atoms with van der Waals surface area (Å²) in [7, 11) is 0. The van der Waals surface area contributed by atoms with Gasteiger partial charge in [-0.1, -0.05) is 17.7 Å². The fraction of sp³-hybridized carbons (Fsp3) is 0.333. The third-order valence-corrected chi connectivity index (χ3v) is 4.02. The number of anilines is 1. The Bertz CT molecular complexity index is 800. The molecular weight excluding hydrogens is 366 g/mol. The van der Waals surface area contributed by atoms with E-state index >= 15 is 0 Å². The number of amides is 1. The zero-order valence-corrected chi connectivity index (χ0v) is 16.6. The molecule has 144 valence electrons. The van der Waals surface area contributed by atoms with Crippen LogP contribution in [0.1, 0.15) is 29.5 Å². The van der Waals surface area contributed by atoms with Gasteiger partial charge in [-0.3, -0.25) is 9.59 Å². The molecule has 0 saturated carbocycles. The molecule has 0 aromatic heterocycles. The molecule has 2 aromatic rings. The summed E-state index contributed by atoms with van der Waals surface area (Å²) >= 11 is 5.90. The summed E-state index contributed by atoms with van der Waals surface area (Å²) in [6, 6.07) is 11.1. The summed E-state index contributed by atoms with van der Waals surface area (Å²) in [5.74, 6) is -0.0519. The molecule has 1 N–H and O–H groups in total. The molecule has 1 amide bonds. The largest absolute Gasteiger partial charge is 0.493 e. The molecule has 0 aliphatic carbocycles. The minimum Gasteiger partial charge on any atom is -0.493 e. The molecule has 0 fully saturated rings. The van der Waals surface area contributed by atoms with Gasteiger partial charge in [-0.05, 0) is 74.2 Å². The second kappa shape index (κ2) is 9.97. The van der Waals surface area contributed by atoms with E-state index in [1.165, 1.54) is 0 Å². The molecule has 27 heavy (non-hydrogen) atoms. The van der Waals surface area contributed by atoms with Crippen LogP contribution in [0.25, 0.3) is 0 Å². The van der Waals surface area contributed by atoms with Crippen LogP contribution in [0.4, 0.5) is 5.69 Å². The molecular formula is C21H24ClNO4. The molecule has 0 aliphatic heterocycles. The van der Waals surface area contributed by atoms with Crippen molar-refractivity contribution in [3.8, 4) is 5.75 Å². The second-order valence-electron chi connectivity index (χ2n) is 6.45. The van der Waals surface area contributed by atoms with Gasteiger partial charge in [-0.15, -0.1) is 0 Å². The Kier molecular flexibility index (Phi) is 7.67. The second-order valence-corrected chi connectivity index (χ2v) is 6.88. The number of halogens is 1. The van der Waals surface area contributed by atoms with Gasteiger partial charge in [0.1, 0.15) is 5.75 Å². The first-order valence-corrected chi connectivity index (χ1v) is 9.14. The highest BCUT2D eigenvalue weighted by molar-refractivity contribution is 6.30. The predicted molar refractivity (Wildman–Crippen MR) is 106 cm³/mol. The number of rotatable bonds is 8. The van der Waals surface area contributed by atoms with Crippen molar-refractivity contribution in [3.05, 3.63) is 58.1 Å². The van der Waals surface area contributed by atoms with Crippen LogP contribution in [0, 0.1) is 20.8 Å². The molecule has 0 aliphatic rings. The fourth-order valence-electron chi connectivity index (χ4n) is 2.64. The Labute approximate surface area is 164 Å². The number of hydrogen-bond acceptors (Lipinski definition) is 4. The van der Waals surface area contributed by atoms with E-state index in [4.69, 9.17) is 21.1 Å². The van der Waals surface area contributed by atoms with Crippen molar-refractivity contribution in [1.29, 1.82) is 0 Å². The summed E-state index contributed by atoms with van der Waals surface area (Å²) in [5, 5.41) is 3.38. The number of nitrogens with one attached hydrogen (secondary N) is 1. The van der Waals surface area contributed by atoms with E-state index < -0.39 is 5.97 Å². The van der Waals surface area contributed by atoms with E-state index in [2.05, 4.69) is 5.32 Å².